The van der Waals surface area contributed by atoms with Crippen LogP contribution in [0, 0.1) is 13.8 Å². The van der Waals surface area contributed by atoms with Crippen molar-refractivity contribution in [1.29, 1.82) is 0 Å². The van der Waals surface area contributed by atoms with Gasteiger partial charge in [-0.05, 0) is 49.2 Å². The Kier molecular flexibility index (Phi) is 6.36. The molecule has 2 aromatic carbocycles. The molecule has 6 nitrogen and oxygen atoms in total. The molecule has 0 fully saturated rings. The number of hydrogen-bond donors (Lipinski definition) is 1. The van der Waals surface area contributed by atoms with Crippen LogP contribution in [0.2, 0.25) is 5.02 Å². The molecular weight excluding hydrogens is 386 g/mol. The average molecular weight is 404 g/mol. The lowest BCUT2D eigenvalue weighted by molar-refractivity contribution is -0.113. The average Bonchev–Trinajstić information content (AvgIpc) is 3.09. The van der Waals surface area contributed by atoms with Gasteiger partial charge in [-0.25, -0.2) is 0 Å². The van der Waals surface area contributed by atoms with Crippen molar-refractivity contribution in [2.45, 2.75) is 25.7 Å². The molecule has 0 unspecified atom stereocenters. The topological polar surface area (TPSA) is 77.2 Å². The Morgan fingerprint density at radius 2 is 2.00 bits per heavy atom. The molecule has 3 rings (SSSR count). The van der Waals surface area contributed by atoms with Crippen LogP contribution in [0.3, 0.4) is 0 Å². The minimum atomic E-state index is -0.207. The second kappa shape index (κ2) is 8.92. The number of aromatic nitrogens is 2. The number of carbonyl (C=O) groups excluding carboxylic acids is 1. The van der Waals surface area contributed by atoms with E-state index >= 15 is 0 Å². The summed E-state index contributed by atoms with van der Waals surface area (Å²) in [6, 6.07) is 13.1. The molecule has 1 amide bonds. The molecule has 27 heavy (non-hydrogen) atoms. The molecule has 0 aliphatic carbocycles. The Hall–Kier alpha value is -2.51. The van der Waals surface area contributed by atoms with Crippen molar-refractivity contribution in [2.24, 2.45) is 0 Å². The third-order valence-electron chi connectivity index (χ3n) is 3.53. The Morgan fingerprint density at radius 1 is 1.19 bits per heavy atom. The maximum absolute atomic E-state index is 12.1. The van der Waals surface area contributed by atoms with Gasteiger partial charge in [0.15, 0.2) is 6.61 Å². The highest BCUT2D eigenvalue weighted by atomic mass is 35.5. The molecule has 0 saturated carbocycles. The maximum atomic E-state index is 12.1. The van der Waals surface area contributed by atoms with Crippen LogP contribution in [0.25, 0.3) is 0 Å². The van der Waals surface area contributed by atoms with Crippen LogP contribution in [-0.2, 0) is 11.4 Å². The standard InChI is InChI=1S/C19H18ClN3O3S/c1-12-4-3-5-14(8-12)25-10-18-22-23-19(26-18)27-11-17(24)21-16-7-6-13(2)9-15(16)20/h3-9H,10-11H2,1-2H3,(H,21,24). The van der Waals surface area contributed by atoms with E-state index in [4.69, 9.17) is 20.8 Å². The summed E-state index contributed by atoms with van der Waals surface area (Å²) in [4.78, 5) is 12.1. The largest absolute Gasteiger partial charge is 0.484 e. The van der Waals surface area contributed by atoms with E-state index in [1.165, 1.54) is 0 Å². The third kappa shape index (κ3) is 5.74. The SMILES string of the molecule is Cc1cccc(OCc2nnc(SCC(=O)Nc3ccc(C)cc3Cl)o2)c1. The number of carbonyl (C=O) groups is 1. The smallest absolute Gasteiger partial charge is 0.277 e. The number of ether oxygens (including phenoxy) is 1. The van der Waals surface area contributed by atoms with E-state index in [2.05, 4.69) is 15.5 Å². The van der Waals surface area contributed by atoms with Crippen molar-refractivity contribution in [3.63, 3.8) is 0 Å². The van der Waals surface area contributed by atoms with Crippen molar-refractivity contribution in [3.05, 3.63) is 64.5 Å². The molecule has 0 aliphatic heterocycles. The van der Waals surface area contributed by atoms with Gasteiger partial charge in [0.05, 0.1) is 16.5 Å². The lowest BCUT2D eigenvalue weighted by Gasteiger charge is -2.06. The first kappa shape index (κ1) is 19.3. The molecule has 0 bridgehead atoms. The van der Waals surface area contributed by atoms with Crippen molar-refractivity contribution < 1.29 is 13.9 Å². The Balaban J connectivity index is 1.48. The van der Waals surface area contributed by atoms with E-state index in [-0.39, 0.29) is 18.3 Å². The van der Waals surface area contributed by atoms with Crippen LogP contribution >= 0.6 is 23.4 Å². The Morgan fingerprint density at radius 3 is 2.78 bits per heavy atom. The summed E-state index contributed by atoms with van der Waals surface area (Å²) in [7, 11) is 0. The van der Waals surface area contributed by atoms with E-state index in [0.29, 0.717) is 21.8 Å². The predicted octanol–water partition coefficient (Wildman–Crippen LogP) is 4.65. The third-order valence-corrected chi connectivity index (χ3v) is 4.66. The number of nitrogens with one attached hydrogen (secondary N) is 1. The summed E-state index contributed by atoms with van der Waals surface area (Å²) in [5.41, 5.74) is 2.71. The fourth-order valence-electron chi connectivity index (χ4n) is 2.24. The summed E-state index contributed by atoms with van der Waals surface area (Å²) in [5, 5.41) is 11.4. The van der Waals surface area contributed by atoms with Gasteiger partial charge < -0.3 is 14.5 Å². The van der Waals surface area contributed by atoms with Crippen LogP contribution in [-0.4, -0.2) is 21.9 Å². The molecule has 0 saturated heterocycles. The van der Waals surface area contributed by atoms with Crippen molar-refractivity contribution in [2.75, 3.05) is 11.1 Å². The van der Waals surface area contributed by atoms with Gasteiger partial charge in [-0.15, -0.1) is 10.2 Å². The number of aryl methyl sites for hydroxylation is 2. The lowest BCUT2D eigenvalue weighted by atomic mass is 10.2. The fraction of sp³-hybridized carbons (Fsp3) is 0.211. The van der Waals surface area contributed by atoms with E-state index < -0.39 is 0 Å². The number of nitrogens with zero attached hydrogens (tertiary/aromatic N) is 2. The molecular formula is C19H18ClN3O3S. The van der Waals surface area contributed by atoms with Gasteiger partial charge >= 0.3 is 0 Å². The minimum Gasteiger partial charge on any atom is -0.484 e. The highest BCUT2D eigenvalue weighted by Crippen LogP contribution is 2.24. The highest BCUT2D eigenvalue weighted by molar-refractivity contribution is 7.99. The van der Waals surface area contributed by atoms with Crippen molar-refractivity contribution in [1.82, 2.24) is 10.2 Å². The Bertz CT molecular complexity index is 945. The van der Waals surface area contributed by atoms with Gasteiger partial charge in [-0.2, -0.15) is 0 Å². The normalized spacial score (nSPS) is 10.6. The van der Waals surface area contributed by atoms with Gasteiger partial charge in [-0.3, -0.25) is 4.79 Å². The molecule has 140 valence electrons. The van der Waals surface area contributed by atoms with Gasteiger partial charge in [0.2, 0.25) is 5.91 Å². The zero-order chi connectivity index (χ0) is 19.2. The number of hydrogen-bond acceptors (Lipinski definition) is 6. The monoisotopic (exact) mass is 403 g/mol. The number of thioether (sulfide) groups is 1. The van der Waals surface area contributed by atoms with Crippen LogP contribution in [0.1, 0.15) is 17.0 Å². The van der Waals surface area contributed by atoms with Crippen LogP contribution in [0.5, 0.6) is 5.75 Å². The molecule has 3 aromatic rings. The quantitative estimate of drug-likeness (QED) is 0.578. The van der Waals surface area contributed by atoms with E-state index in [9.17, 15) is 4.79 Å². The molecule has 8 heteroatoms. The number of anilines is 1. The summed E-state index contributed by atoms with van der Waals surface area (Å²) in [5.74, 6) is 1.00. The van der Waals surface area contributed by atoms with Crippen molar-refractivity contribution in [3.8, 4) is 5.75 Å². The lowest BCUT2D eigenvalue weighted by Crippen LogP contribution is -2.14. The molecule has 0 radical (unpaired) electrons. The van der Waals surface area contributed by atoms with E-state index in [1.54, 1.807) is 12.1 Å². The summed E-state index contributed by atoms with van der Waals surface area (Å²) >= 11 is 7.26. The first-order chi connectivity index (χ1) is 13.0. The number of halogens is 1. The Labute approximate surface area is 166 Å². The van der Waals surface area contributed by atoms with Gasteiger partial charge in [0, 0.05) is 0 Å². The zero-order valence-corrected chi connectivity index (χ0v) is 16.4. The van der Waals surface area contributed by atoms with Crippen LogP contribution in [0.15, 0.2) is 52.1 Å². The molecule has 0 aliphatic rings. The van der Waals surface area contributed by atoms with Gasteiger partial charge in [0.1, 0.15) is 5.75 Å². The zero-order valence-electron chi connectivity index (χ0n) is 14.9. The second-order valence-electron chi connectivity index (χ2n) is 5.89. The second-order valence-corrected chi connectivity index (χ2v) is 7.22. The predicted molar refractivity (Wildman–Crippen MR) is 105 cm³/mol. The number of rotatable bonds is 7. The molecule has 1 heterocycles. The first-order valence-corrected chi connectivity index (χ1v) is 9.56. The molecule has 1 N–H and O–H groups in total. The number of benzene rings is 2. The van der Waals surface area contributed by atoms with Crippen LogP contribution < -0.4 is 10.1 Å². The molecule has 1 aromatic heterocycles. The summed E-state index contributed by atoms with van der Waals surface area (Å²) < 4.78 is 11.1. The first-order valence-electron chi connectivity index (χ1n) is 8.20. The molecule has 0 atom stereocenters. The summed E-state index contributed by atoms with van der Waals surface area (Å²) in [6.45, 7) is 4.09. The van der Waals surface area contributed by atoms with Crippen LogP contribution in [0.4, 0.5) is 5.69 Å². The molecule has 0 spiro atoms. The number of amides is 1. The van der Waals surface area contributed by atoms with Crippen molar-refractivity contribution >= 4 is 35.0 Å². The minimum absolute atomic E-state index is 0.130. The summed E-state index contributed by atoms with van der Waals surface area (Å²) in [6.07, 6.45) is 0. The van der Waals surface area contributed by atoms with E-state index in [0.717, 1.165) is 28.6 Å². The fourth-order valence-corrected chi connectivity index (χ4v) is 3.10. The highest BCUT2D eigenvalue weighted by Gasteiger charge is 2.11. The van der Waals surface area contributed by atoms with Gasteiger partial charge in [-0.1, -0.05) is 41.6 Å². The maximum Gasteiger partial charge on any atom is 0.277 e. The van der Waals surface area contributed by atoms with Gasteiger partial charge in [0.25, 0.3) is 11.1 Å². The van der Waals surface area contributed by atoms with E-state index in [1.807, 2.05) is 44.2 Å².